The van der Waals surface area contributed by atoms with E-state index in [1.165, 1.54) is 180 Å². The molecule has 0 aromatic rings. The Labute approximate surface area is 276 Å². The fraction of sp³-hybridized carbons (Fsp3) is 0.938. The summed E-state index contributed by atoms with van der Waals surface area (Å²) >= 11 is 11.5. The van der Waals surface area contributed by atoms with Gasteiger partial charge >= 0.3 is 0 Å². The number of unbranched alkanes of at least 4 members (excludes halogenated alkanes) is 11. The molecule has 2 heterocycles. The molecule has 0 amide bonds. The maximum absolute atomic E-state index is 5.86. The van der Waals surface area contributed by atoms with Crippen LogP contribution in [-0.4, -0.2) is 55.6 Å². The number of likely N-dealkylation sites (tertiary alicyclic amines) is 2. The van der Waals surface area contributed by atoms with E-state index in [9.17, 15) is 0 Å². The highest BCUT2D eigenvalue weighted by Crippen LogP contribution is 2.36. The van der Waals surface area contributed by atoms with Gasteiger partial charge in [-0.05, 0) is 66.5 Å². The first-order valence-electron chi connectivity index (χ1n) is 16.9. The Hall–Kier alpha value is 1.18. The fourth-order valence-electron chi connectivity index (χ4n) is 5.62. The number of hydrogen-bond donors (Lipinski definition) is 0. The largest absolute Gasteiger partial charge is 0.357 e. The number of nitrogens with zero attached hydrogens (tertiary/aromatic N) is 2. The lowest BCUT2D eigenvalue weighted by atomic mass is 10.0. The van der Waals surface area contributed by atoms with Crippen LogP contribution in [0.15, 0.2) is 0 Å². The standard InChI is InChI=1S/C32H60N2S6/c1-2-3-4-5-9-16-23-30(38-40-32(36)34-27-20-13-14-21-28-34)24-17-10-7-6-8-15-22-29-37-39-31(35)33-25-18-11-12-19-26-33/h30H,2-29H2,1H3. The SMILES string of the molecule is CCCCCCCCC(CCCCCCCCCSSC(=S)N1CCCCCC1)SSC(=S)N1CCCCCC1. The molecule has 2 nitrogen and oxygen atoms in total. The van der Waals surface area contributed by atoms with Crippen LogP contribution in [0.2, 0.25) is 0 Å². The zero-order valence-corrected chi connectivity index (χ0v) is 30.6. The molecule has 0 radical (unpaired) electrons. The van der Waals surface area contributed by atoms with E-state index in [2.05, 4.69) is 27.5 Å². The molecule has 2 aliphatic heterocycles. The lowest BCUT2D eigenvalue weighted by Crippen LogP contribution is -2.27. The highest BCUT2D eigenvalue weighted by atomic mass is 33.1. The van der Waals surface area contributed by atoms with Gasteiger partial charge in [-0.25, -0.2) is 0 Å². The predicted molar refractivity (Wildman–Crippen MR) is 199 cm³/mol. The molecule has 0 aromatic carbocycles. The second kappa shape index (κ2) is 26.6. The predicted octanol–water partition coefficient (Wildman–Crippen LogP) is 12.3. The molecule has 2 saturated heterocycles. The van der Waals surface area contributed by atoms with Gasteiger partial charge in [-0.3, -0.25) is 0 Å². The van der Waals surface area contributed by atoms with Crippen molar-refractivity contribution in [2.75, 3.05) is 31.9 Å². The highest BCUT2D eigenvalue weighted by Gasteiger charge is 2.17. The van der Waals surface area contributed by atoms with Gasteiger partial charge in [-0.15, -0.1) is 0 Å². The van der Waals surface area contributed by atoms with Crippen LogP contribution in [0, 0.1) is 0 Å². The summed E-state index contributed by atoms with van der Waals surface area (Å²) in [4.78, 5) is 4.93. The first kappa shape index (κ1) is 37.4. The summed E-state index contributed by atoms with van der Waals surface area (Å²) in [7, 11) is 7.87. The Morgan fingerprint density at radius 1 is 0.550 bits per heavy atom. The van der Waals surface area contributed by atoms with Gasteiger partial charge in [0.1, 0.15) is 8.64 Å². The van der Waals surface area contributed by atoms with E-state index in [0.717, 1.165) is 13.9 Å². The number of thiocarbonyl (C=S) groups is 2. The second-order valence-electron chi connectivity index (χ2n) is 11.9. The minimum absolute atomic E-state index is 0.774. The molecule has 0 N–H and O–H groups in total. The molecule has 234 valence electrons. The van der Waals surface area contributed by atoms with E-state index in [-0.39, 0.29) is 0 Å². The lowest BCUT2D eigenvalue weighted by Gasteiger charge is -2.24. The van der Waals surface area contributed by atoms with Crippen molar-refractivity contribution in [2.24, 2.45) is 0 Å². The smallest absolute Gasteiger partial charge is 0.147 e. The monoisotopic (exact) mass is 664 g/mol. The van der Waals surface area contributed by atoms with Crippen LogP contribution in [0.5, 0.6) is 0 Å². The van der Waals surface area contributed by atoms with Crippen molar-refractivity contribution in [1.82, 2.24) is 9.80 Å². The van der Waals surface area contributed by atoms with Crippen LogP contribution in [-0.2, 0) is 0 Å². The Morgan fingerprint density at radius 2 is 0.975 bits per heavy atom. The third kappa shape index (κ3) is 19.5. The zero-order chi connectivity index (χ0) is 28.5. The molecule has 2 fully saturated rings. The molecule has 0 spiro atoms. The van der Waals surface area contributed by atoms with Gasteiger partial charge in [0.15, 0.2) is 0 Å². The normalized spacial score (nSPS) is 17.4. The number of rotatable bonds is 20. The average Bonchev–Trinajstić information content (AvgIpc) is 3.42. The molecular weight excluding hydrogens is 605 g/mol. The van der Waals surface area contributed by atoms with Crippen LogP contribution in [0.25, 0.3) is 0 Å². The van der Waals surface area contributed by atoms with Crippen molar-refractivity contribution in [1.29, 1.82) is 0 Å². The average molecular weight is 665 g/mol. The van der Waals surface area contributed by atoms with Crippen LogP contribution in [0.3, 0.4) is 0 Å². The van der Waals surface area contributed by atoms with Crippen LogP contribution >= 0.6 is 67.6 Å². The minimum atomic E-state index is 0.774. The van der Waals surface area contributed by atoms with E-state index in [1.54, 1.807) is 0 Å². The van der Waals surface area contributed by atoms with Gasteiger partial charge in [0.05, 0.1) is 0 Å². The van der Waals surface area contributed by atoms with Crippen molar-refractivity contribution in [3.8, 4) is 0 Å². The van der Waals surface area contributed by atoms with Gasteiger partial charge in [0.25, 0.3) is 0 Å². The van der Waals surface area contributed by atoms with Crippen LogP contribution in [0.4, 0.5) is 0 Å². The van der Waals surface area contributed by atoms with E-state index in [0.29, 0.717) is 0 Å². The molecule has 1 atom stereocenters. The topological polar surface area (TPSA) is 6.48 Å². The van der Waals surface area contributed by atoms with E-state index in [1.807, 2.05) is 32.4 Å². The lowest BCUT2D eigenvalue weighted by molar-refractivity contribution is 0.450. The van der Waals surface area contributed by atoms with Gasteiger partial charge in [-0.2, -0.15) is 0 Å². The molecule has 8 heteroatoms. The Morgan fingerprint density at radius 3 is 1.48 bits per heavy atom. The third-order valence-corrected chi connectivity index (χ3v) is 15.0. The molecule has 40 heavy (non-hydrogen) atoms. The maximum Gasteiger partial charge on any atom is 0.147 e. The molecule has 0 aliphatic carbocycles. The second-order valence-corrected chi connectivity index (χ2v) is 18.0. The fourth-order valence-corrected chi connectivity index (χ4v) is 11.4. The molecule has 0 saturated carbocycles. The van der Waals surface area contributed by atoms with Crippen LogP contribution in [0.1, 0.15) is 155 Å². The Kier molecular flexibility index (Phi) is 24.8. The molecule has 2 aliphatic rings. The molecule has 0 aromatic heterocycles. The van der Waals surface area contributed by atoms with Crippen molar-refractivity contribution in [2.45, 2.75) is 160 Å². The summed E-state index contributed by atoms with van der Waals surface area (Å²) in [6.45, 7) is 7.02. The summed E-state index contributed by atoms with van der Waals surface area (Å²) in [5.74, 6) is 1.24. The van der Waals surface area contributed by atoms with Crippen molar-refractivity contribution in [3.63, 3.8) is 0 Å². The zero-order valence-electron chi connectivity index (χ0n) is 25.7. The maximum atomic E-state index is 5.86. The molecule has 2 rings (SSSR count). The van der Waals surface area contributed by atoms with Gasteiger partial charge < -0.3 is 9.80 Å². The quantitative estimate of drug-likeness (QED) is 0.0711. The molecular formula is C32H60N2S6. The number of hydrogen-bond acceptors (Lipinski definition) is 6. The first-order chi connectivity index (χ1) is 19.7. The van der Waals surface area contributed by atoms with Gasteiger partial charge in [-0.1, -0.05) is 156 Å². The minimum Gasteiger partial charge on any atom is -0.357 e. The summed E-state index contributed by atoms with van der Waals surface area (Å²) in [6, 6.07) is 0. The Balaban J connectivity index is 1.51. The van der Waals surface area contributed by atoms with Crippen molar-refractivity contribution in [3.05, 3.63) is 0 Å². The molecule has 0 bridgehead atoms. The van der Waals surface area contributed by atoms with Crippen LogP contribution < -0.4 is 0 Å². The van der Waals surface area contributed by atoms with E-state index in [4.69, 9.17) is 24.4 Å². The van der Waals surface area contributed by atoms with E-state index >= 15 is 0 Å². The Bertz CT molecular complexity index is 619. The highest BCUT2D eigenvalue weighted by molar-refractivity contribution is 8.84. The first-order valence-corrected chi connectivity index (χ1v) is 22.3. The summed E-state index contributed by atoms with van der Waals surface area (Å²) < 4.78 is 2.28. The van der Waals surface area contributed by atoms with Gasteiger partial charge in [0, 0.05) is 37.2 Å². The summed E-state index contributed by atoms with van der Waals surface area (Å²) in [6.07, 6.45) is 31.7. The van der Waals surface area contributed by atoms with E-state index < -0.39 is 0 Å². The summed E-state index contributed by atoms with van der Waals surface area (Å²) in [5.41, 5.74) is 0. The van der Waals surface area contributed by atoms with Crippen molar-refractivity contribution >= 4 is 76.3 Å². The third-order valence-electron chi connectivity index (χ3n) is 8.25. The summed E-state index contributed by atoms with van der Waals surface area (Å²) in [5, 5.41) is 0.774. The van der Waals surface area contributed by atoms with Gasteiger partial charge in [0.2, 0.25) is 0 Å². The molecule has 1 unspecified atom stereocenters. The van der Waals surface area contributed by atoms with Crippen molar-refractivity contribution < 1.29 is 0 Å².